The summed E-state index contributed by atoms with van der Waals surface area (Å²) in [5, 5.41) is 15.5. The molecule has 2 aromatic rings. The Morgan fingerprint density at radius 1 is 1.03 bits per heavy atom. The number of ether oxygens (including phenoxy) is 1. The van der Waals surface area contributed by atoms with Gasteiger partial charge in [0, 0.05) is 5.69 Å². The summed E-state index contributed by atoms with van der Waals surface area (Å²) >= 11 is 0. The minimum atomic E-state index is -1.05. The SMILES string of the molecule is CC(C)(C)OC(=O)Nc1cc(C(=O)O)cc(-c2ccc(C3CCNCC3)cc2)c1. The van der Waals surface area contributed by atoms with E-state index in [-0.39, 0.29) is 5.56 Å². The summed E-state index contributed by atoms with van der Waals surface area (Å²) in [4.78, 5) is 23.7. The summed E-state index contributed by atoms with van der Waals surface area (Å²) in [5.41, 5.74) is 2.79. The molecule has 2 aromatic carbocycles. The number of amides is 1. The standard InChI is InChI=1S/C23H28N2O4/c1-23(2,3)29-22(28)25-20-13-18(12-19(14-20)21(26)27)16-6-4-15(5-7-16)17-8-10-24-11-9-17/h4-7,12-14,17,24H,8-11H2,1-3H3,(H,25,28)(H,26,27). The van der Waals surface area contributed by atoms with E-state index >= 15 is 0 Å². The topological polar surface area (TPSA) is 87.7 Å². The van der Waals surface area contributed by atoms with Crippen LogP contribution in [0.4, 0.5) is 10.5 Å². The van der Waals surface area contributed by atoms with Crippen molar-refractivity contribution < 1.29 is 19.4 Å². The molecule has 6 nitrogen and oxygen atoms in total. The molecule has 0 unspecified atom stereocenters. The fraction of sp³-hybridized carbons (Fsp3) is 0.391. The van der Waals surface area contributed by atoms with Gasteiger partial charge in [0.1, 0.15) is 5.60 Å². The Labute approximate surface area is 171 Å². The van der Waals surface area contributed by atoms with E-state index < -0.39 is 17.7 Å². The highest BCUT2D eigenvalue weighted by Crippen LogP contribution is 2.30. The van der Waals surface area contributed by atoms with Crippen molar-refractivity contribution >= 4 is 17.7 Å². The Balaban J connectivity index is 1.85. The lowest BCUT2D eigenvalue weighted by molar-refractivity contribution is 0.0633. The minimum Gasteiger partial charge on any atom is -0.478 e. The number of rotatable bonds is 4. The van der Waals surface area contributed by atoms with Crippen molar-refractivity contribution in [3.05, 3.63) is 53.6 Å². The molecule has 0 atom stereocenters. The van der Waals surface area contributed by atoms with Crippen molar-refractivity contribution in [2.45, 2.75) is 45.1 Å². The molecule has 1 heterocycles. The smallest absolute Gasteiger partial charge is 0.412 e. The molecular formula is C23H28N2O4. The van der Waals surface area contributed by atoms with Crippen LogP contribution >= 0.6 is 0 Å². The molecule has 0 aliphatic carbocycles. The van der Waals surface area contributed by atoms with Gasteiger partial charge in [-0.25, -0.2) is 9.59 Å². The third kappa shape index (κ3) is 5.81. The summed E-state index contributed by atoms with van der Waals surface area (Å²) in [6.07, 6.45) is 1.63. The molecule has 29 heavy (non-hydrogen) atoms. The van der Waals surface area contributed by atoms with Gasteiger partial charge in [0.2, 0.25) is 0 Å². The van der Waals surface area contributed by atoms with Crippen LogP contribution in [0.25, 0.3) is 11.1 Å². The van der Waals surface area contributed by atoms with Crippen molar-refractivity contribution in [1.82, 2.24) is 5.32 Å². The maximum Gasteiger partial charge on any atom is 0.412 e. The van der Waals surface area contributed by atoms with Gasteiger partial charge in [0.15, 0.2) is 0 Å². The Morgan fingerprint density at radius 2 is 1.69 bits per heavy atom. The van der Waals surface area contributed by atoms with Crippen LogP contribution in [0, 0.1) is 0 Å². The zero-order chi connectivity index (χ0) is 21.0. The average Bonchev–Trinajstić information content (AvgIpc) is 2.67. The van der Waals surface area contributed by atoms with Gasteiger partial charge in [-0.05, 0) is 87.5 Å². The van der Waals surface area contributed by atoms with E-state index in [0.717, 1.165) is 37.1 Å². The first kappa shape index (κ1) is 20.9. The van der Waals surface area contributed by atoms with Crippen LogP contribution in [0.1, 0.15) is 55.5 Å². The van der Waals surface area contributed by atoms with E-state index in [0.29, 0.717) is 11.6 Å². The maximum absolute atomic E-state index is 12.1. The predicted octanol–water partition coefficient (Wildman–Crippen LogP) is 4.87. The summed E-state index contributed by atoms with van der Waals surface area (Å²) in [6, 6.07) is 13.0. The third-order valence-electron chi connectivity index (χ3n) is 4.88. The van der Waals surface area contributed by atoms with Gasteiger partial charge < -0.3 is 15.2 Å². The number of hydrogen-bond acceptors (Lipinski definition) is 4. The van der Waals surface area contributed by atoms with E-state index in [2.05, 4.69) is 22.8 Å². The molecule has 0 radical (unpaired) electrons. The zero-order valence-corrected chi connectivity index (χ0v) is 17.1. The number of carboxylic acid groups (broad SMARTS) is 1. The second-order valence-corrected chi connectivity index (χ2v) is 8.38. The molecule has 154 valence electrons. The molecule has 1 fully saturated rings. The molecule has 1 aliphatic heterocycles. The highest BCUT2D eigenvalue weighted by molar-refractivity contribution is 5.94. The monoisotopic (exact) mass is 396 g/mol. The van der Waals surface area contributed by atoms with Crippen molar-refractivity contribution in [3.63, 3.8) is 0 Å². The normalized spacial score (nSPS) is 15.0. The molecular weight excluding hydrogens is 368 g/mol. The Kier molecular flexibility index (Phi) is 6.23. The Bertz CT molecular complexity index is 879. The molecule has 6 heteroatoms. The van der Waals surface area contributed by atoms with Crippen LogP contribution in [-0.4, -0.2) is 35.9 Å². The molecule has 0 bridgehead atoms. The lowest BCUT2D eigenvalue weighted by atomic mass is 9.89. The number of carbonyl (C=O) groups excluding carboxylic acids is 1. The van der Waals surface area contributed by atoms with Crippen molar-refractivity contribution in [3.8, 4) is 11.1 Å². The van der Waals surface area contributed by atoms with Crippen molar-refractivity contribution in [2.75, 3.05) is 18.4 Å². The largest absolute Gasteiger partial charge is 0.478 e. The molecule has 0 spiro atoms. The first-order chi connectivity index (χ1) is 13.7. The third-order valence-corrected chi connectivity index (χ3v) is 4.88. The lowest BCUT2D eigenvalue weighted by Gasteiger charge is -2.23. The number of aromatic carboxylic acids is 1. The molecule has 0 aromatic heterocycles. The second kappa shape index (κ2) is 8.66. The fourth-order valence-electron chi connectivity index (χ4n) is 3.51. The lowest BCUT2D eigenvalue weighted by Crippen LogP contribution is -2.27. The first-order valence-corrected chi connectivity index (χ1v) is 9.91. The van der Waals surface area contributed by atoms with E-state index in [9.17, 15) is 14.7 Å². The van der Waals surface area contributed by atoms with Gasteiger partial charge >= 0.3 is 12.1 Å². The van der Waals surface area contributed by atoms with Gasteiger partial charge in [-0.15, -0.1) is 0 Å². The molecule has 1 saturated heterocycles. The fourth-order valence-corrected chi connectivity index (χ4v) is 3.51. The van der Waals surface area contributed by atoms with Gasteiger partial charge in [-0.1, -0.05) is 24.3 Å². The summed E-state index contributed by atoms with van der Waals surface area (Å²) < 4.78 is 5.27. The minimum absolute atomic E-state index is 0.107. The number of piperidine rings is 1. The second-order valence-electron chi connectivity index (χ2n) is 8.38. The number of carbonyl (C=O) groups is 2. The zero-order valence-electron chi connectivity index (χ0n) is 17.1. The molecule has 0 saturated carbocycles. The van der Waals surface area contributed by atoms with Gasteiger partial charge in [-0.3, -0.25) is 5.32 Å². The summed E-state index contributed by atoms with van der Waals surface area (Å²) in [6.45, 7) is 7.39. The van der Waals surface area contributed by atoms with Crippen LogP contribution in [-0.2, 0) is 4.74 Å². The van der Waals surface area contributed by atoms with Gasteiger partial charge in [0.25, 0.3) is 0 Å². The average molecular weight is 396 g/mol. The van der Waals surface area contributed by atoms with Gasteiger partial charge in [-0.2, -0.15) is 0 Å². The van der Waals surface area contributed by atoms with Crippen LogP contribution in [0.2, 0.25) is 0 Å². The molecule has 1 amide bonds. The highest BCUT2D eigenvalue weighted by Gasteiger charge is 2.18. The summed E-state index contributed by atoms with van der Waals surface area (Å²) in [7, 11) is 0. The number of nitrogens with one attached hydrogen (secondary N) is 2. The number of hydrogen-bond donors (Lipinski definition) is 3. The molecule has 3 N–H and O–H groups in total. The van der Waals surface area contributed by atoms with Gasteiger partial charge in [0.05, 0.1) is 5.56 Å². The van der Waals surface area contributed by atoms with E-state index in [1.54, 1.807) is 32.9 Å². The Hall–Kier alpha value is -2.86. The predicted molar refractivity (Wildman–Crippen MR) is 114 cm³/mol. The number of benzene rings is 2. The van der Waals surface area contributed by atoms with Crippen LogP contribution in [0.5, 0.6) is 0 Å². The first-order valence-electron chi connectivity index (χ1n) is 9.91. The number of carboxylic acids is 1. The van der Waals surface area contributed by atoms with Crippen molar-refractivity contribution in [2.24, 2.45) is 0 Å². The van der Waals surface area contributed by atoms with Crippen molar-refractivity contribution in [1.29, 1.82) is 0 Å². The van der Waals surface area contributed by atoms with E-state index in [4.69, 9.17) is 4.74 Å². The van der Waals surface area contributed by atoms with Crippen LogP contribution in [0.3, 0.4) is 0 Å². The van der Waals surface area contributed by atoms with E-state index in [1.165, 1.54) is 11.6 Å². The van der Waals surface area contributed by atoms with Crippen LogP contribution < -0.4 is 10.6 Å². The summed E-state index contributed by atoms with van der Waals surface area (Å²) in [5.74, 6) is -0.495. The Morgan fingerprint density at radius 3 is 2.28 bits per heavy atom. The number of anilines is 1. The quantitative estimate of drug-likeness (QED) is 0.686. The maximum atomic E-state index is 12.1. The van der Waals surface area contributed by atoms with E-state index in [1.807, 2.05) is 12.1 Å². The van der Waals surface area contributed by atoms with Crippen LogP contribution in [0.15, 0.2) is 42.5 Å². The molecule has 3 rings (SSSR count). The highest BCUT2D eigenvalue weighted by atomic mass is 16.6. The molecule has 1 aliphatic rings.